The number of rotatable bonds is 4. The number of hydrogen-bond acceptors (Lipinski definition) is 4. The van der Waals surface area contributed by atoms with Crippen molar-refractivity contribution >= 4 is 12.4 Å². The summed E-state index contributed by atoms with van der Waals surface area (Å²) in [5, 5.41) is 12.8. The summed E-state index contributed by atoms with van der Waals surface area (Å²) in [6.07, 6.45) is 5.16. The molecule has 0 spiro atoms. The molecule has 1 aromatic rings. The first-order valence-corrected chi connectivity index (χ1v) is 5.84. The van der Waals surface area contributed by atoms with Crippen LogP contribution in [0.25, 0.3) is 0 Å². The molecule has 0 amide bonds. The normalized spacial score (nSPS) is 19.4. The third-order valence-corrected chi connectivity index (χ3v) is 2.91. The number of pyridine rings is 1. The number of halogens is 1. The van der Waals surface area contributed by atoms with Gasteiger partial charge in [-0.3, -0.25) is 0 Å². The predicted octanol–water partition coefficient (Wildman–Crippen LogP) is 1.98. The highest BCUT2D eigenvalue weighted by Crippen LogP contribution is 2.22. The molecular weight excluding hydrogens is 240 g/mol. The molecule has 0 bridgehead atoms. The van der Waals surface area contributed by atoms with Crippen LogP contribution >= 0.6 is 12.4 Å². The van der Waals surface area contributed by atoms with E-state index < -0.39 is 0 Å². The predicted molar refractivity (Wildman–Crippen MR) is 68.9 cm³/mol. The van der Waals surface area contributed by atoms with Crippen molar-refractivity contribution in [1.82, 2.24) is 10.3 Å². The summed E-state index contributed by atoms with van der Waals surface area (Å²) in [4.78, 5) is 3.97. The lowest BCUT2D eigenvalue weighted by molar-refractivity contribution is 0.239. The molecule has 2 rings (SSSR count). The molecule has 1 unspecified atom stereocenters. The Hall–Kier alpha value is -1.00. The topological polar surface area (TPSA) is 54.4 Å². The molecular formula is C12H19ClN2O2. The van der Waals surface area contributed by atoms with Gasteiger partial charge in [0.2, 0.25) is 0 Å². The third kappa shape index (κ3) is 4.40. The van der Waals surface area contributed by atoms with Crippen LogP contribution in [-0.4, -0.2) is 29.8 Å². The highest BCUT2D eigenvalue weighted by atomic mass is 35.5. The van der Waals surface area contributed by atoms with Gasteiger partial charge >= 0.3 is 0 Å². The largest absolute Gasteiger partial charge is 0.503 e. The lowest BCUT2D eigenvalue weighted by Gasteiger charge is -2.22. The van der Waals surface area contributed by atoms with E-state index in [2.05, 4.69) is 10.3 Å². The Bertz CT molecular complexity index is 330. The molecule has 2 N–H and O–H groups in total. The number of aromatic hydroxyl groups is 1. The summed E-state index contributed by atoms with van der Waals surface area (Å²) in [5.74, 6) is 1.15. The van der Waals surface area contributed by atoms with Crippen LogP contribution in [0.4, 0.5) is 0 Å². The smallest absolute Gasteiger partial charge is 0.256 e. The van der Waals surface area contributed by atoms with Gasteiger partial charge < -0.3 is 15.2 Å². The van der Waals surface area contributed by atoms with E-state index in [4.69, 9.17) is 4.74 Å². The van der Waals surface area contributed by atoms with Crippen molar-refractivity contribution in [2.75, 3.05) is 19.7 Å². The van der Waals surface area contributed by atoms with E-state index in [9.17, 15) is 5.11 Å². The molecule has 1 aliphatic heterocycles. The second kappa shape index (κ2) is 7.35. The maximum atomic E-state index is 9.45. The molecule has 17 heavy (non-hydrogen) atoms. The van der Waals surface area contributed by atoms with Gasteiger partial charge in [-0.1, -0.05) is 0 Å². The number of nitrogens with one attached hydrogen (secondary N) is 1. The van der Waals surface area contributed by atoms with E-state index in [-0.39, 0.29) is 18.2 Å². The Morgan fingerprint density at radius 3 is 3.12 bits per heavy atom. The number of nitrogens with zero attached hydrogens (tertiary/aromatic N) is 1. The van der Waals surface area contributed by atoms with Gasteiger partial charge in [0.1, 0.15) is 0 Å². The monoisotopic (exact) mass is 258 g/mol. The molecule has 1 saturated heterocycles. The van der Waals surface area contributed by atoms with E-state index in [0.29, 0.717) is 18.4 Å². The van der Waals surface area contributed by atoms with Gasteiger partial charge in [0.25, 0.3) is 5.88 Å². The van der Waals surface area contributed by atoms with Crippen LogP contribution in [0.2, 0.25) is 0 Å². The SMILES string of the molecule is Cl.Oc1cccnc1OCCC1CCCNC1. The van der Waals surface area contributed by atoms with E-state index in [1.165, 1.54) is 12.8 Å². The van der Waals surface area contributed by atoms with Crippen molar-refractivity contribution < 1.29 is 9.84 Å². The number of piperidine rings is 1. The minimum Gasteiger partial charge on any atom is -0.503 e. The minimum absolute atomic E-state index is 0. The molecule has 1 atom stereocenters. The molecule has 4 nitrogen and oxygen atoms in total. The van der Waals surface area contributed by atoms with Crippen LogP contribution in [0.5, 0.6) is 11.6 Å². The van der Waals surface area contributed by atoms with Crippen LogP contribution < -0.4 is 10.1 Å². The van der Waals surface area contributed by atoms with E-state index in [0.717, 1.165) is 19.5 Å². The summed E-state index contributed by atoms with van der Waals surface area (Å²) >= 11 is 0. The Kier molecular flexibility index (Phi) is 6.08. The van der Waals surface area contributed by atoms with E-state index >= 15 is 0 Å². The average Bonchev–Trinajstić information content (AvgIpc) is 2.33. The summed E-state index contributed by atoms with van der Waals surface area (Å²) in [6, 6.07) is 3.28. The Morgan fingerprint density at radius 2 is 2.41 bits per heavy atom. The van der Waals surface area contributed by atoms with Gasteiger partial charge in [-0.15, -0.1) is 12.4 Å². The van der Waals surface area contributed by atoms with Crippen LogP contribution in [-0.2, 0) is 0 Å². The van der Waals surface area contributed by atoms with Crippen LogP contribution in [0.3, 0.4) is 0 Å². The Balaban J connectivity index is 0.00000144. The number of hydrogen-bond donors (Lipinski definition) is 2. The minimum atomic E-state index is 0. The zero-order valence-electron chi connectivity index (χ0n) is 9.76. The molecule has 0 aliphatic carbocycles. The fourth-order valence-electron chi connectivity index (χ4n) is 1.99. The molecule has 0 saturated carbocycles. The first kappa shape index (κ1) is 14.1. The Labute approximate surface area is 108 Å². The molecule has 96 valence electrons. The summed E-state index contributed by atoms with van der Waals surface area (Å²) < 4.78 is 5.45. The quantitative estimate of drug-likeness (QED) is 0.867. The molecule has 5 heteroatoms. The van der Waals surface area contributed by atoms with Crippen LogP contribution in [0.1, 0.15) is 19.3 Å². The molecule has 1 aromatic heterocycles. The third-order valence-electron chi connectivity index (χ3n) is 2.91. The molecule has 2 heterocycles. The summed E-state index contributed by atoms with van der Waals surface area (Å²) in [5.41, 5.74) is 0. The molecule has 0 aromatic carbocycles. The zero-order chi connectivity index (χ0) is 11.2. The van der Waals surface area contributed by atoms with Crippen molar-refractivity contribution in [3.63, 3.8) is 0 Å². The highest BCUT2D eigenvalue weighted by molar-refractivity contribution is 5.85. The number of ether oxygens (including phenoxy) is 1. The van der Waals surface area contributed by atoms with Gasteiger partial charge in [-0.25, -0.2) is 4.98 Å². The fourth-order valence-corrected chi connectivity index (χ4v) is 1.99. The first-order chi connectivity index (χ1) is 7.86. The van der Waals surface area contributed by atoms with Crippen molar-refractivity contribution in [1.29, 1.82) is 0 Å². The summed E-state index contributed by atoms with van der Waals surface area (Å²) in [7, 11) is 0. The van der Waals surface area contributed by atoms with Crippen molar-refractivity contribution in [2.45, 2.75) is 19.3 Å². The van der Waals surface area contributed by atoms with Crippen molar-refractivity contribution in [2.24, 2.45) is 5.92 Å². The van der Waals surface area contributed by atoms with Gasteiger partial charge in [0.15, 0.2) is 5.75 Å². The van der Waals surface area contributed by atoms with Crippen LogP contribution in [0.15, 0.2) is 18.3 Å². The first-order valence-electron chi connectivity index (χ1n) is 5.84. The zero-order valence-corrected chi connectivity index (χ0v) is 10.6. The number of aromatic nitrogens is 1. The van der Waals surface area contributed by atoms with E-state index in [1.807, 2.05) is 0 Å². The summed E-state index contributed by atoms with van der Waals surface area (Å²) in [6.45, 7) is 2.84. The Morgan fingerprint density at radius 1 is 1.53 bits per heavy atom. The second-order valence-corrected chi connectivity index (χ2v) is 4.18. The fraction of sp³-hybridized carbons (Fsp3) is 0.583. The van der Waals surface area contributed by atoms with Crippen LogP contribution in [0, 0.1) is 5.92 Å². The lowest BCUT2D eigenvalue weighted by Crippen LogP contribution is -2.30. The molecule has 1 fully saturated rings. The maximum absolute atomic E-state index is 9.45. The lowest BCUT2D eigenvalue weighted by atomic mass is 9.97. The maximum Gasteiger partial charge on any atom is 0.256 e. The van der Waals surface area contributed by atoms with Gasteiger partial charge in [0, 0.05) is 6.20 Å². The van der Waals surface area contributed by atoms with Crippen molar-refractivity contribution in [3.05, 3.63) is 18.3 Å². The van der Waals surface area contributed by atoms with E-state index in [1.54, 1.807) is 18.3 Å². The van der Waals surface area contributed by atoms with Gasteiger partial charge in [-0.05, 0) is 50.4 Å². The highest BCUT2D eigenvalue weighted by Gasteiger charge is 2.13. The van der Waals surface area contributed by atoms with Gasteiger partial charge in [-0.2, -0.15) is 0 Å². The standard InChI is InChI=1S/C12H18N2O2.ClH/c15-11-4-2-7-14-12(11)16-8-5-10-3-1-6-13-9-10;/h2,4,7,10,13,15H,1,3,5-6,8-9H2;1H. The average molecular weight is 259 g/mol. The second-order valence-electron chi connectivity index (χ2n) is 4.18. The molecule has 0 radical (unpaired) electrons. The van der Waals surface area contributed by atoms with Gasteiger partial charge in [0.05, 0.1) is 6.61 Å². The van der Waals surface area contributed by atoms with Crippen molar-refractivity contribution in [3.8, 4) is 11.6 Å². The molecule has 1 aliphatic rings.